The van der Waals surface area contributed by atoms with Crippen molar-refractivity contribution in [2.45, 2.75) is 32.5 Å². The summed E-state index contributed by atoms with van der Waals surface area (Å²) in [6.45, 7) is 4.05. The summed E-state index contributed by atoms with van der Waals surface area (Å²) in [5.74, 6) is -0.265. The number of primary amides is 1. The first-order valence-corrected chi connectivity index (χ1v) is 5.96. The molecule has 0 aliphatic carbocycles. The first-order chi connectivity index (χ1) is 8.13. The summed E-state index contributed by atoms with van der Waals surface area (Å²) in [6, 6.07) is 6.03. The number of benzene rings is 1. The van der Waals surface area contributed by atoms with Gasteiger partial charge in [0.15, 0.2) is 0 Å². The van der Waals surface area contributed by atoms with Gasteiger partial charge in [-0.2, -0.15) is 0 Å². The first-order valence-electron chi connectivity index (χ1n) is 5.96. The van der Waals surface area contributed by atoms with Crippen molar-refractivity contribution in [3.63, 3.8) is 0 Å². The minimum absolute atomic E-state index is 0.214. The Bertz CT molecular complexity index is 416. The van der Waals surface area contributed by atoms with E-state index in [1.54, 1.807) is 0 Å². The topological polar surface area (TPSA) is 72.4 Å². The molecule has 0 saturated heterocycles. The van der Waals surface area contributed by atoms with E-state index in [-0.39, 0.29) is 11.9 Å². The molecule has 1 heterocycles. The van der Waals surface area contributed by atoms with Crippen molar-refractivity contribution in [1.29, 1.82) is 0 Å². The molecule has 1 unspecified atom stereocenters. The summed E-state index contributed by atoms with van der Waals surface area (Å²) in [5.41, 5.74) is 14.9. The maximum Gasteiger partial charge on any atom is 0.234 e. The molecule has 4 nitrogen and oxygen atoms in total. The lowest BCUT2D eigenvalue weighted by atomic mass is 9.94. The number of nitrogens with two attached hydrogens (primary N) is 2. The van der Waals surface area contributed by atoms with Crippen LogP contribution in [0.15, 0.2) is 18.2 Å². The highest BCUT2D eigenvalue weighted by Crippen LogP contribution is 2.23. The van der Waals surface area contributed by atoms with E-state index in [4.69, 9.17) is 11.5 Å². The normalized spacial score (nSPS) is 17.5. The van der Waals surface area contributed by atoms with Crippen molar-refractivity contribution in [2.24, 2.45) is 11.5 Å². The van der Waals surface area contributed by atoms with Gasteiger partial charge < -0.3 is 11.5 Å². The summed E-state index contributed by atoms with van der Waals surface area (Å²) < 4.78 is 0. The van der Waals surface area contributed by atoms with Crippen LogP contribution in [0.1, 0.15) is 23.6 Å². The molecule has 1 aromatic carbocycles. The Morgan fingerprint density at radius 3 is 2.94 bits per heavy atom. The van der Waals surface area contributed by atoms with E-state index in [1.807, 2.05) is 13.0 Å². The molecule has 0 saturated carbocycles. The van der Waals surface area contributed by atoms with Gasteiger partial charge in [-0.15, -0.1) is 0 Å². The average Bonchev–Trinajstić information content (AvgIpc) is 2.36. The Labute approximate surface area is 102 Å². The van der Waals surface area contributed by atoms with Gasteiger partial charge in [0, 0.05) is 19.6 Å². The van der Waals surface area contributed by atoms with Gasteiger partial charge in [0.2, 0.25) is 5.91 Å². The Morgan fingerprint density at radius 2 is 2.29 bits per heavy atom. The zero-order valence-electron chi connectivity index (χ0n) is 10.1. The predicted octanol–water partition coefficient (Wildman–Crippen LogP) is 0.377. The molecule has 0 spiro atoms. The summed E-state index contributed by atoms with van der Waals surface area (Å²) in [6.07, 6.45) is 0.959. The number of hydrogen-bond acceptors (Lipinski definition) is 3. The van der Waals surface area contributed by atoms with Crippen molar-refractivity contribution in [1.82, 2.24) is 4.90 Å². The van der Waals surface area contributed by atoms with Gasteiger partial charge in [-0.3, -0.25) is 9.69 Å². The van der Waals surface area contributed by atoms with E-state index in [1.165, 1.54) is 16.7 Å². The van der Waals surface area contributed by atoms with Crippen molar-refractivity contribution in [2.75, 3.05) is 6.54 Å². The SMILES string of the molecule is CC(C(N)=O)N1CCc2cccc(CN)c2C1. The standard InChI is InChI=1S/C13H19N3O/c1-9(13(15)17)16-6-5-10-3-2-4-11(7-14)12(10)8-16/h2-4,9H,5-8,14H2,1H3,(H2,15,17). The van der Waals surface area contributed by atoms with Gasteiger partial charge >= 0.3 is 0 Å². The number of carbonyl (C=O) groups excluding carboxylic acids is 1. The van der Waals surface area contributed by atoms with Crippen LogP contribution in [0.3, 0.4) is 0 Å². The van der Waals surface area contributed by atoms with Crippen LogP contribution in [0.2, 0.25) is 0 Å². The molecule has 1 amide bonds. The Balaban J connectivity index is 2.25. The molecule has 1 aliphatic rings. The van der Waals surface area contributed by atoms with Crippen LogP contribution >= 0.6 is 0 Å². The van der Waals surface area contributed by atoms with Crippen LogP contribution in [0, 0.1) is 0 Å². The van der Waals surface area contributed by atoms with Crippen molar-refractivity contribution >= 4 is 5.91 Å². The molecule has 4 N–H and O–H groups in total. The van der Waals surface area contributed by atoms with Crippen LogP contribution in [0.25, 0.3) is 0 Å². The molecule has 0 bridgehead atoms. The van der Waals surface area contributed by atoms with Crippen LogP contribution in [-0.4, -0.2) is 23.4 Å². The lowest BCUT2D eigenvalue weighted by molar-refractivity contribution is -0.123. The molecule has 0 radical (unpaired) electrons. The van der Waals surface area contributed by atoms with E-state index in [0.717, 1.165) is 19.5 Å². The summed E-state index contributed by atoms with van der Waals surface area (Å²) in [5, 5.41) is 0. The van der Waals surface area contributed by atoms with Gasteiger partial charge in [-0.25, -0.2) is 0 Å². The minimum atomic E-state index is -0.265. The molecule has 92 valence electrons. The third-order valence-electron chi connectivity index (χ3n) is 3.58. The highest BCUT2D eigenvalue weighted by atomic mass is 16.1. The number of rotatable bonds is 3. The summed E-state index contributed by atoms with van der Waals surface area (Å²) in [7, 11) is 0. The molecule has 0 aromatic heterocycles. The molecular weight excluding hydrogens is 214 g/mol. The predicted molar refractivity (Wildman–Crippen MR) is 67.1 cm³/mol. The monoisotopic (exact) mass is 233 g/mol. The van der Waals surface area contributed by atoms with Crippen molar-refractivity contribution in [3.05, 3.63) is 34.9 Å². The molecule has 1 atom stereocenters. The second-order valence-electron chi connectivity index (χ2n) is 4.56. The highest BCUT2D eigenvalue weighted by Gasteiger charge is 2.24. The van der Waals surface area contributed by atoms with E-state index < -0.39 is 0 Å². The quantitative estimate of drug-likeness (QED) is 0.792. The van der Waals surface area contributed by atoms with Crippen molar-refractivity contribution < 1.29 is 4.79 Å². The van der Waals surface area contributed by atoms with Crippen LogP contribution in [0.5, 0.6) is 0 Å². The fourth-order valence-electron chi connectivity index (χ4n) is 2.37. The van der Waals surface area contributed by atoms with E-state index in [2.05, 4.69) is 17.0 Å². The molecule has 2 rings (SSSR count). The Morgan fingerprint density at radius 1 is 1.53 bits per heavy atom. The molecule has 1 aliphatic heterocycles. The molecular formula is C13H19N3O. The van der Waals surface area contributed by atoms with Gasteiger partial charge in [0.1, 0.15) is 0 Å². The van der Waals surface area contributed by atoms with Crippen LogP contribution < -0.4 is 11.5 Å². The number of fused-ring (bicyclic) bond motifs is 1. The van der Waals surface area contributed by atoms with E-state index in [9.17, 15) is 4.79 Å². The molecule has 1 aromatic rings. The molecule has 17 heavy (non-hydrogen) atoms. The van der Waals surface area contributed by atoms with Gasteiger partial charge in [0.05, 0.1) is 6.04 Å². The smallest absolute Gasteiger partial charge is 0.234 e. The Kier molecular flexibility index (Phi) is 3.45. The molecule has 0 fully saturated rings. The van der Waals surface area contributed by atoms with E-state index in [0.29, 0.717) is 6.54 Å². The number of amides is 1. The van der Waals surface area contributed by atoms with Gasteiger partial charge in [-0.1, -0.05) is 18.2 Å². The second-order valence-corrected chi connectivity index (χ2v) is 4.56. The highest BCUT2D eigenvalue weighted by molar-refractivity contribution is 5.79. The third kappa shape index (κ3) is 2.33. The first kappa shape index (κ1) is 12.1. The fraction of sp³-hybridized carbons (Fsp3) is 0.462. The van der Waals surface area contributed by atoms with Crippen LogP contribution in [0.4, 0.5) is 0 Å². The number of hydrogen-bond donors (Lipinski definition) is 2. The van der Waals surface area contributed by atoms with Crippen LogP contribution in [-0.2, 0) is 24.3 Å². The van der Waals surface area contributed by atoms with Crippen molar-refractivity contribution in [3.8, 4) is 0 Å². The lowest BCUT2D eigenvalue weighted by Gasteiger charge is -2.33. The summed E-state index contributed by atoms with van der Waals surface area (Å²) >= 11 is 0. The third-order valence-corrected chi connectivity index (χ3v) is 3.58. The molecule has 4 heteroatoms. The largest absolute Gasteiger partial charge is 0.368 e. The fourth-order valence-corrected chi connectivity index (χ4v) is 2.37. The lowest BCUT2D eigenvalue weighted by Crippen LogP contribution is -2.45. The van der Waals surface area contributed by atoms with Gasteiger partial charge in [0.25, 0.3) is 0 Å². The number of carbonyl (C=O) groups is 1. The Hall–Kier alpha value is -1.39. The average molecular weight is 233 g/mol. The zero-order valence-corrected chi connectivity index (χ0v) is 10.1. The minimum Gasteiger partial charge on any atom is -0.368 e. The maximum atomic E-state index is 11.2. The number of nitrogens with zero attached hydrogens (tertiary/aromatic N) is 1. The van der Waals surface area contributed by atoms with Gasteiger partial charge in [-0.05, 0) is 30.0 Å². The second kappa shape index (κ2) is 4.85. The maximum absolute atomic E-state index is 11.2. The summed E-state index contributed by atoms with van der Waals surface area (Å²) in [4.78, 5) is 13.3. The van der Waals surface area contributed by atoms with E-state index >= 15 is 0 Å². The zero-order chi connectivity index (χ0) is 12.4.